The molecular weight excluding hydrogens is 284 g/mol. The van der Waals surface area contributed by atoms with Crippen molar-refractivity contribution < 1.29 is 15.0 Å². The third kappa shape index (κ3) is 2.56. The van der Waals surface area contributed by atoms with Gasteiger partial charge >= 0.3 is 5.97 Å². The first kappa shape index (κ1) is 13.9. The number of carbonyl (C=O) groups is 1. The fourth-order valence-electron chi connectivity index (χ4n) is 2.21. The van der Waals surface area contributed by atoms with Crippen LogP contribution in [0.2, 0.25) is 0 Å². The monoisotopic (exact) mass is 298 g/mol. The van der Waals surface area contributed by atoms with Crippen molar-refractivity contribution >= 4 is 22.6 Å². The largest absolute Gasteiger partial charge is 0.506 e. The molecule has 0 unspecified atom stereocenters. The summed E-state index contributed by atoms with van der Waals surface area (Å²) in [5.74, 6) is -0.963. The SMILES string of the molecule is Cc1ccc(O)c(CNc2ccc3[nH]nc(C(=O)O)c3c2)n1. The van der Waals surface area contributed by atoms with Gasteiger partial charge in [0.1, 0.15) is 11.4 Å². The number of pyridine rings is 1. The number of fused-ring (bicyclic) bond motifs is 1. The van der Waals surface area contributed by atoms with Crippen LogP contribution in [0.4, 0.5) is 5.69 Å². The van der Waals surface area contributed by atoms with E-state index >= 15 is 0 Å². The maximum atomic E-state index is 11.1. The molecule has 3 aromatic rings. The number of aromatic carboxylic acids is 1. The van der Waals surface area contributed by atoms with Crippen molar-refractivity contribution in [2.45, 2.75) is 13.5 Å². The summed E-state index contributed by atoms with van der Waals surface area (Å²) in [6, 6.07) is 8.59. The summed E-state index contributed by atoms with van der Waals surface area (Å²) >= 11 is 0. The van der Waals surface area contributed by atoms with Crippen molar-refractivity contribution in [3.05, 3.63) is 47.4 Å². The molecule has 0 aliphatic carbocycles. The second-order valence-electron chi connectivity index (χ2n) is 4.91. The molecule has 3 rings (SSSR count). The van der Waals surface area contributed by atoms with E-state index in [4.69, 9.17) is 5.11 Å². The Bertz CT molecular complexity index is 857. The number of hydrogen-bond donors (Lipinski definition) is 4. The summed E-state index contributed by atoms with van der Waals surface area (Å²) in [6.45, 7) is 2.18. The number of aromatic nitrogens is 3. The highest BCUT2D eigenvalue weighted by Gasteiger charge is 2.13. The summed E-state index contributed by atoms with van der Waals surface area (Å²) in [6.07, 6.45) is 0. The molecule has 0 amide bonds. The van der Waals surface area contributed by atoms with E-state index in [-0.39, 0.29) is 11.4 Å². The van der Waals surface area contributed by atoms with Gasteiger partial charge in [-0.1, -0.05) is 0 Å². The molecule has 112 valence electrons. The molecule has 1 aromatic carbocycles. The van der Waals surface area contributed by atoms with Crippen LogP contribution in [-0.4, -0.2) is 31.4 Å². The first-order valence-electron chi connectivity index (χ1n) is 6.65. The van der Waals surface area contributed by atoms with E-state index in [0.717, 1.165) is 11.4 Å². The Labute approximate surface area is 125 Å². The summed E-state index contributed by atoms with van der Waals surface area (Å²) in [5.41, 5.74) is 2.70. The van der Waals surface area contributed by atoms with Gasteiger partial charge in [0.2, 0.25) is 0 Å². The van der Waals surface area contributed by atoms with E-state index in [1.54, 1.807) is 30.3 Å². The molecule has 0 bridgehead atoms. The number of nitrogens with zero attached hydrogens (tertiary/aromatic N) is 2. The fraction of sp³-hybridized carbons (Fsp3) is 0.133. The average molecular weight is 298 g/mol. The predicted molar refractivity (Wildman–Crippen MR) is 81.0 cm³/mol. The predicted octanol–water partition coefficient (Wildman–Crippen LogP) is 2.28. The lowest BCUT2D eigenvalue weighted by Gasteiger charge is -2.08. The van der Waals surface area contributed by atoms with Gasteiger partial charge in [-0.3, -0.25) is 10.1 Å². The van der Waals surface area contributed by atoms with Gasteiger partial charge in [-0.15, -0.1) is 0 Å². The minimum Gasteiger partial charge on any atom is -0.506 e. The average Bonchev–Trinajstić information content (AvgIpc) is 2.91. The Morgan fingerprint density at radius 3 is 2.91 bits per heavy atom. The quantitative estimate of drug-likeness (QED) is 0.588. The summed E-state index contributed by atoms with van der Waals surface area (Å²) in [5, 5.41) is 29.0. The van der Waals surface area contributed by atoms with E-state index in [1.807, 2.05) is 6.92 Å². The van der Waals surface area contributed by atoms with Crippen molar-refractivity contribution in [1.82, 2.24) is 15.2 Å². The maximum Gasteiger partial charge on any atom is 0.357 e. The third-order valence-corrected chi connectivity index (χ3v) is 3.31. The number of hydrogen-bond acceptors (Lipinski definition) is 5. The van der Waals surface area contributed by atoms with Crippen molar-refractivity contribution in [3.8, 4) is 5.75 Å². The van der Waals surface area contributed by atoms with Crippen molar-refractivity contribution in [1.29, 1.82) is 0 Å². The first-order valence-corrected chi connectivity index (χ1v) is 6.65. The number of H-pyrrole nitrogens is 1. The number of carboxylic acids is 1. The number of anilines is 1. The molecule has 0 aliphatic rings. The van der Waals surface area contributed by atoms with Crippen LogP contribution in [0.3, 0.4) is 0 Å². The Balaban J connectivity index is 1.86. The van der Waals surface area contributed by atoms with E-state index in [9.17, 15) is 9.90 Å². The van der Waals surface area contributed by atoms with Gasteiger partial charge in [-0.25, -0.2) is 4.79 Å². The van der Waals surface area contributed by atoms with Crippen LogP contribution in [-0.2, 0) is 6.54 Å². The molecule has 0 spiro atoms. The van der Waals surface area contributed by atoms with Crippen molar-refractivity contribution in [2.24, 2.45) is 0 Å². The summed E-state index contributed by atoms with van der Waals surface area (Å²) in [4.78, 5) is 15.4. The minimum absolute atomic E-state index is 0.0184. The zero-order valence-electron chi connectivity index (χ0n) is 11.8. The molecule has 0 saturated heterocycles. The van der Waals surface area contributed by atoms with E-state index in [0.29, 0.717) is 23.1 Å². The van der Waals surface area contributed by atoms with E-state index in [1.165, 1.54) is 0 Å². The minimum atomic E-state index is -1.08. The molecule has 0 aliphatic heterocycles. The highest BCUT2D eigenvalue weighted by Crippen LogP contribution is 2.22. The fourth-order valence-corrected chi connectivity index (χ4v) is 2.21. The standard InChI is InChI=1S/C15H14N4O3/c1-8-2-5-13(20)12(17-8)7-16-9-3-4-11-10(6-9)14(15(21)22)19-18-11/h2-6,16,20H,7H2,1H3,(H,18,19)(H,21,22). The zero-order valence-corrected chi connectivity index (χ0v) is 11.8. The lowest BCUT2D eigenvalue weighted by molar-refractivity contribution is 0.0692. The number of aromatic hydroxyl groups is 1. The van der Waals surface area contributed by atoms with Crippen molar-refractivity contribution in [2.75, 3.05) is 5.32 Å². The maximum absolute atomic E-state index is 11.1. The number of carboxylic acid groups (broad SMARTS) is 1. The highest BCUT2D eigenvalue weighted by atomic mass is 16.4. The topological polar surface area (TPSA) is 111 Å². The second kappa shape index (κ2) is 5.36. The van der Waals surface area contributed by atoms with Crippen LogP contribution in [0.25, 0.3) is 10.9 Å². The third-order valence-electron chi connectivity index (χ3n) is 3.31. The molecule has 2 heterocycles. The van der Waals surface area contributed by atoms with Crippen LogP contribution < -0.4 is 5.32 Å². The number of aromatic amines is 1. The molecule has 0 saturated carbocycles. The number of aryl methyl sites for hydroxylation is 1. The highest BCUT2D eigenvalue weighted by molar-refractivity contribution is 6.01. The number of rotatable bonds is 4. The summed E-state index contributed by atoms with van der Waals surface area (Å²) in [7, 11) is 0. The van der Waals surface area contributed by atoms with Crippen LogP contribution in [0, 0.1) is 6.92 Å². The Morgan fingerprint density at radius 2 is 2.14 bits per heavy atom. The molecule has 2 aromatic heterocycles. The molecule has 22 heavy (non-hydrogen) atoms. The number of nitrogens with one attached hydrogen (secondary N) is 2. The van der Waals surface area contributed by atoms with Gasteiger partial charge in [0.05, 0.1) is 12.1 Å². The lowest BCUT2D eigenvalue weighted by atomic mass is 10.2. The van der Waals surface area contributed by atoms with Gasteiger partial charge in [0, 0.05) is 16.8 Å². The molecule has 0 atom stereocenters. The number of benzene rings is 1. The zero-order chi connectivity index (χ0) is 15.7. The molecule has 0 radical (unpaired) electrons. The second-order valence-corrected chi connectivity index (χ2v) is 4.91. The normalized spacial score (nSPS) is 10.8. The molecular formula is C15H14N4O3. The molecule has 7 heteroatoms. The lowest BCUT2D eigenvalue weighted by Crippen LogP contribution is -2.03. The van der Waals surface area contributed by atoms with Crippen LogP contribution in [0.15, 0.2) is 30.3 Å². The van der Waals surface area contributed by atoms with Crippen LogP contribution in [0.5, 0.6) is 5.75 Å². The van der Waals surface area contributed by atoms with Crippen molar-refractivity contribution in [3.63, 3.8) is 0 Å². The van der Waals surface area contributed by atoms with Gasteiger partial charge in [0.25, 0.3) is 0 Å². The Kier molecular flexibility index (Phi) is 3.38. The first-order chi connectivity index (χ1) is 10.5. The Morgan fingerprint density at radius 1 is 1.32 bits per heavy atom. The van der Waals surface area contributed by atoms with Gasteiger partial charge in [-0.05, 0) is 37.3 Å². The molecule has 4 N–H and O–H groups in total. The molecule has 7 nitrogen and oxygen atoms in total. The van der Waals surface area contributed by atoms with E-state index in [2.05, 4.69) is 20.5 Å². The van der Waals surface area contributed by atoms with Gasteiger partial charge in [-0.2, -0.15) is 5.10 Å². The molecule has 0 fully saturated rings. The summed E-state index contributed by atoms with van der Waals surface area (Å²) < 4.78 is 0. The van der Waals surface area contributed by atoms with Gasteiger partial charge in [0.15, 0.2) is 5.69 Å². The van der Waals surface area contributed by atoms with Gasteiger partial charge < -0.3 is 15.5 Å². The van der Waals surface area contributed by atoms with E-state index < -0.39 is 5.97 Å². The smallest absolute Gasteiger partial charge is 0.357 e. The van der Waals surface area contributed by atoms with Crippen LogP contribution in [0.1, 0.15) is 21.9 Å². The van der Waals surface area contributed by atoms with Crippen LogP contribution >= 0.6 is 0 Å². The Hall–Kier alpha value is -3.09.